The van der Waals surface area contributed by atoms with Gasteiger partial charge in [-0.25, -0.2) is 0 Å². The number of hydrogen-bond donors (Lipinski definition) is 0. The van der Waals surface area contributed by atoms with Crippen LogP contribution in [0.2, 0.25) is 0 Å². The quantitative estimate of drug-likeness (QED) is 0.507. The molecular weight excluding hydrogens is 108 g/mol. The van der Waals surface area contributed by atoms with Crippen LogP contribution in [-0.4, -0.2) is 0 Å². The molecule has 0 spiro atoms. The van der Waals surface area contributed by atoms with Crippen LogP contribution in [0.15, 0.2) is 24.3 Å². The van der Waals surface area contributed by atoms with Gasteiger partial charge in [0.2, 0.25) is 0 Å². The van der Waals surface area contributed by atoms with Gasteiger partial charge in [-0.2, -0.15) is 0 Å². The van der Waals surface area contributed by atoms with Crippen molar-refractivity contribution in [3.63, 3.8) is 0 Å². The standard InChI is InChI=1S/C9H16/c1-5-7-9(6-2)8(3)4/h5-6,8H,1,7H2,2-4H3/b9-6+. The van der Waals surface area contributed by atoms with Crippen molar-refractivity contribution in [2.24, 2.45) is 5.92 Å². The van der Waals surface area contributed by atoms with Crippen LogP contribution in [0.4, 0.5) is 0 Å². The van der Waals surface area contributed by atoms with Crippen molar-refractivity contribution in [1.29, 1.82) is 0 Å². The van der Waals surface area contributed by atoms with Gasteiger partial charge in [0.1, 0.15) is 0 Å². The van der Waals surface area contributed by atoms with E-state index in [1.807, 2.05) is 6.08 Å². The first kappa shape index (κ1) is 8.48. The molecule has 0 aromatic heterocycles. The molecule has 0 aliphatic carbocycles. The molecule has 0 radical (unpaired) electrons. The third-order valence-electron chi connectivity index (χ3n) is 1.49. The van der Waals surface area contributed by atoms with E-state index in [-0.39, 0.29) is 0 Å². The summed E-state index contributed by atoms with van der Waals surface area (Å²) in [6.07, 6.45) is 5.16. The molecule has 9 heavy (non-hydrogen) atoms. The fourth-order valence-corrected chi connectivity index (χ4v) is 0.854. The first-order valence-corrected chi connectivity index (χ1v) is 3.48. The molecule has 0 amide bonds. The summed E-state index contributed by atoms with van der Waals surface area (Å²) >= 11 is 0. The predicted octanol–water partition coefficient (Wildman–Crippen LogP) is 3.16. The third kappa shape index (κ3) is 3.12. The Morgan fingerprint density at radius 1 is 1.56 bits per heavy atom. The Morgan fingerprint density at radius 2 is 2.11 bits per heavy atom. The van der Waals surface area contributed by atoms with E-state index in [2.05, 4.69) is 33.4 Å². The lowest BCUT2D eigenvalue weighted by Crippen LogP contribution is -1.90. The van der Waals surface area contributed by atoms with E-state index in [0.717, 1.165) is 6.42 Å². The van der Waals surface area contributed by atoms with Gasteiger partial charge in [0.15, 0.2) is 0 Å². The monoisotopic (exact) mass is 124 g/mol. The van der Waals surface area contributed by atoms with Crippen molar-refractivity contribution in [3.8, 4) is 0 Å². The van der Waals surface area contributed by atoms with Crippen LogP contribution in [0.25, 0.3) is 0 Å². The largest absolute Gasteiger partial charge is 0.103 e. The van der Waals surface area contributed by atoms with E-state index in [4.69, 9.17) is 0 Å². The maximum atomic E-state index is 3.69. The Kier molecular flexibility index (Phi) is 4.12. The van der Waals surface area contributed by atoms with Crippen molar-refractivity contribution in [3.05, 3.63) is 24.3 Å². The zero-order valence-corrected chi connectivity index (χ0v) is 6.65. The highest BCUT2D eigenvalue weighted by atomic mass is 14.0. The van der Waals surface area contributed by atoms with E-state index < -0.39 is 0 Å². The fraction of sp³-hybridized carbons (Fsp3) is 0.556. The highest BCUT2D eigenvalue weighted by molar-refractivity contribution is 5.06. The lowest BCUT2D eigenvalue weighted by Gasteiger charge is -2.06. The highest BCUT2D eigenvalue weighted by Gasteiger charge is 1.97. The lowest BCUT2D eigenvalue weighted by atomic mass is 10.0. The van der Waals surface area contributed by atoms with Crippen molar-refractivity contribution in [1.82, 2.24) is 0 Å². The molecule has 0 saturated carbocycles. The van der Waals surface area contributed by atoms with Crippen molar-refractivity contribution in [2.45, 2.75) is 27.2 Å². The van der Waals surface area contributed by atoms with Crippen LogP contribution >= 0.6 is 0 Å². The Bertz CT molecular complexity index is 107. The minimum Gasteiger partial charge on any atom is -0.103 e. The normalized spacial score (nSPS) is 12.2. The van der Waals surface area contributed by atoms with E-state index >= 15 is 0 Å². The zero-order chi connectivity index (χ0) is 7.28. The average Bonchev–Trinajstić information content (AvgIpc) is 1.82. The predicted molar refractivity (Wildman–Crippen MR) is 43.4 cm³/mol. The Balaban J connectivity index is 3.84. The van der Waals surface area contributed by atoms with Gasteiger partial charge in [0.05, 0.1) is 0 Å². The van der Waals surface area contributed by atoms with Crippen LogP contribution in [0.1, 0.15) is 27.2 Å². The fourth-order valence-electron chi connectivity index (χ4n) is 0.854. The minimum absolute atomic E-state index is 0.674. The summed E-state index contributed by atoms with van der Waals surface area (Å²) in [6, 6.07) is 0. The molecule has 0 aromatic rings. The van der Waals surface area contributed by atoms with Gasteiger partial charge in [0.25, 0.3) is 0 Å². The average molecular weight is 124 g/mol. The highest BCUT2D eigenvalue weighted by Crippen LogP contribution is 2.12. The molecule has 0 rings (SSSR count). The summed E-state index contributed by atoms with van der Waals surface area (Å²) in [5.74, 6) is 0.674. The molecule has 0 nitrogen and oxygen atoms in total. The lowest BCUT2D eigenvalue weighted by molar-refractivity contribution is 0.745. The first-order chi connectivity index (χ1) is 4.22. The molecule has 0 fully saturated rings. The maximum Gasteiger partial charge on any atom is -0.0139 e. The molecule has 0 aliphatic rings. The number of allylic oxidation sites excluding steroid dienone is 3. The van der Waals surface area contributed by atoms with Crippen molar-refractivity contribution >= 4 is 0 Å². The van der Waals surface area contributed by atoms with E-state index in [9.17, 15) is 0 Å². The van der Waals surface area contributed by atoms with Gasteiger partial charge < -0.3 is 0 Å². The second kappa shape index (κ2) is 4.37. The molecule has 0 heterocycles. The Morgan fingerprint density at radius 3 is 2.22 bits per heavy atom. The van der Waals surface area contributed by atoms with Gasteiger partial charge in [-0.3, -0.25) is 0 Å². The molecule has 0 unspecified atom stereocenters. The first-order valence-electron chi connectivity index (χ1n) is 3.48. The topological polar surface area (TPSA) is 0 Å². The summed E-state index contributed by atoms with van der Waals surface area (Å²) in [7, 11) is 0. The molecule has 0 aliphatic heterocycles. The van der Waals surface area contributed by atoms with Crippen LogP contribution in [0.3, 0.4) is 0 Å². The van der Waals surface area contributed by atoms with Gasteiger partial charge in [-0.1, -0.05) is 31.6 Å². The Labute approximate surface area is 58.3 Å². The summed E-state index contributed by atoms with van der Waals surface area (Å²) in [6.45, 7) is 10.2. The molecule has 0 atom stereocenters. The van der Waals surface area contributed by atoms with E-state index in [1.54, 1.807) is 0 Å². The second-order valence-electron chi connectivity index (χ2n) is 2.51. The summed E-state index contributed by atoms with van der Waals surface area (Å²) in [5, 5.41) is 0. The number of rotatable bonds is 3. The van der Waals surface area contributed by atoms with Gasteiger partial charge in [0, 0.05) is 0 Å². The second-order valence-corrected chi connectivity index (χ2v) is 2.51. The van der Waals surface area contributed by atoms with Crippen LogP contribution in [0.5, 0.6) is 0 Å². The molecule has 0 saturated heterocycles. The zero-order valence-electron chi connectivity index (χ0n) is 6.65. The van der Waals surface area contributed by atoms with Crippen LogP contribution < -0.4 is 0 Å². The smallest absolute Gasteiger partial charge is 0.0139 e. The molecule has 0 heteroatoms. The minimum atomic E-state index is 0.674. The van der Waals surface area contributed by atoms with Crippen molar-refractivity contribution < 1.29 is 0 Å². The maximum absolute atomic E-state index is 3.69. The van der Waals surface area contributed by atoms with Gasteiger partial charge >= 0.3 is 0 Å². The summed E-state index contributed by atoms with van der Waals surface area (Å²) in [5.41, 5.74) is 1.48. The third-order valence-corrected chi connectivity index (χ3v) is 1.49. The SMILES string of the molecule is C=CC/C(=C\C)C(C)C. The van der Waals surface area contributed by atoms with Crippen molar-refractivity contribution in [2.75, 3.05) is 0 Å². The Hall–Kier alpha value is -0.520. The molecule has 52 valence electrons. The van der Waals surface area contributed by atoms with Gasteiger partial charge in [-0.05, 0) is 19.3 Å². The van der Waals surface area contributed by atoms with Crippen LogP contribution in [-0.2, 0) is 0 Å². The number of hydrogen-bond acceptors (Lipinski definition) is 0. The molecule has 0 N–H and O–H groups in total. The van der Waals surface area contributed by atoms with Gasteiger partial charge in [-0.15, -0.1) is 6.58 Å². The van der Waals surface area contributed by atoms with Crippen LogP contribution in [0, 0.1) is 5.92 Å². The molecule has 0 aromatic carbocycles. The molecule has 0 bridgehead atoms. The van der Waals surface area contributed by atoms with E-state index in [0.29, 0.717) is 5.92 Å². The summed E-state index contributed by atoms with van der Waals surface area (Å²) in [4.78, 5) is 0. The summed E-state index contributed by atoms with van der Waals surface area (Å²) < 4.78 is 0. The molecular formula is C9H16. The van der Waals surface area contributed by atoms with E-state index in [1.165, 1.54) is 5.57 Å².